The van der Waals surface area contributed by atoms with Crippen LogP contribution in [0, 0.1) is 29.4 Å². The second kappa shape index (κ2) is 14.7. The van der Waals surface area contributed by atoms with Gasteiger partial charge in [0.1, 0.15) is 39.6 Å². The molecule has 2 aliphatic rings. The zero-order valence-electron chi connectivity index (χ0n) is 28.8. The molecule has 272 valence electrons. The van der Waals surface area contributed by atoms with E-state index in [4.69, 9.17) is 20.6 Å². The van der Waals surface area contributed by atoms with Crippen molar-refractivity contribution < 1.29 is 42.0 Å². The molecule has 4 heterocycles. The van der Waals surface area contributed by atoms with E-state index in [1.165, 1.54) is 12.1 Å². The van der Waals surface area contributed by atoms with Crippen molar-refractivity contribution in [2.24, 2.45) is 5.41 Å². The maximum absolute atomic E-state index is 17.1. The van der Waals surface area contributed by atoms with Crippen molar-refractivity contribution in [1.82, 2.24) is 19.9 Å². The topological polar surface area (TPSA) is 113 Å². The van der Waals surface area contributed by atoms with E-state index < -0.39 is 40.9 Å². The number of phenols is 1. The van der Waals surface area contributed by atoms with Gasteiger partial charge in [-0.05, 0) is 63.4 Å². The number of anilines is 1. The van der Waals surface area contributed by atoms with Gasteiger partial charge >= 0.3 is 12.6 Å². The Balaban J connectivity index is 1.60. The zero-order valence-corrected chi connectivity index (χ0v) is 28.8. The Bertz CT molecular complexity index is 1970. The lowest BCUT2D eigenvalue weighted by Crippen LogP contribution is -2.45. The highest BCUT2D eigenvalue weighted by molar-refractivity contribution is 6.04. The number of aromatic hydroxyl groups is 1. The van der Waals surface area contributed by atoms with Crippen molar-refractivity contribution in [3.63, 3.8) is 0 Å². The molecule has 2 aromatic heterocycles. The van der Waals surface area contributed by atoms with Crippen molar-refractivity contribution >= 4 is 27.5 Å². The number of piperidine rings is 1. The summed E-state index contributed by atoms with van der Waals surface area (Å²) in [6.07, 6.45) is 10.4. The Hall–Kier alpha value is -4.45. The van der Waals surface area contributed by atoms with Gasteiger partial charge in [-0.3, -0.25) is 0 Å². The number of nitrogens with zero attached hydrogens (tertiary/aromatic N) is 5. The molecule has 14 heteroatoms. The minimum Gasteiger partial charge on any atom is -0.508 e. The highest BCUT2D eigenvalue weighted by Gasteiger charge is 2.37. The van der Waals surface area contributed by atoms with Crippen LogP contribution in [0.1, 0.15) is 51.5 Å². The molecule has 10 nitrogen and oxygen atoms in total. The van der Waals surface area contributed by atoms with E-state index in [9.17, 15) is 23.4 Å². The molecule has 2 aromatic carbocycles. The highest BCUT2D eigenvalue weighted by Crippen LogP contribution is 2.43. The summed E-state index contributed by atoms with van der Waals surface area (Å²) < 4.78 is 77.1. The number of likely N-dealkylation sites (tertiary alicyclic amines) is 1. The molecule has 2 N–H and O–H groups in total. The molecular weight excluding hydrogens is 670 g/mol. The van der Waals surface area contributed by atoms with Gasteiger partial charge < -0.3 is 34.2 Å². The summed E-state index contributed by atoms with van der Waals surface area (Å²) in [6, 6.07) is 4.66. The number of halogens is 4. The maximum atomic E-state index is 17.1. The summed E-state index contributed by atoms with van der Waals surface area (Å²) in [7, 11) is 2.05. The second-order valence-corrected chi connectivity index (χ2v) is 13.9. The lowest BCUT2D eigenvalue weighted by atomic mass is 9.76. The molecule has 2 saturated heterocycles. The number of pyridine rings is 1. The van der Waals surface area contributed by atoms with Gasteiger partial charge in [-0.15, -0.1) is 6.42 Å². The second-order valence-electron chi connectivity index (χ2n) is 13.9. The predicted octanol–water partition coefficient (Wildman–Crippen LogP) is 6.28. The molecule has 0 saturated carbocycles. The average Bonchev–Trinajstić information content (AvgIpc) is 3.27. The molecule has 6 rings (SSSR count). The number of alkyl halides is 2. The van der Waals surface area contributed by atoms with Crippen molar-refractivity contribution in [3.05, 3.63) is 41.5 Å². The third-order valence-corrected chi connectivity index (χ3v) is 9.53. The Morgan fingerprint density at radius 1 is 1.12 bits per heavy atom. The van der Waals surface area contributed by atoms with Crippen LogP contribution in [-0.4, -0.2) is 95.3 Å². The van der Waals surface area contributed by atoms with Crippen LogP contribution in [0.15, 0.2) is 24.3 Å². The Labute approximate surface area is 293 Å². The van der Waals surface area contributed by atoms with E-state index in [1.54, 1.807) is 11.8 Å². The van der Waals surface area contributed by atoms with E-state index in [0.717, 1.165) is 57.3 Å². The molecule has 0 amide bonds. The largest absolute Gasteiger partial charge is 0.508 e. The molecule has 4 aromatic rings. The molecule has 0 bridgehead atoms. The van der Waals surface area contributed by atoms with Gasteiger partial charge in [-0.2, -0.15) is 18.7 Å². The van der Waals surface area contributed by atoms with Crippen LogP contribution in [0.25, 0.3) is 32.9 Å². The summed E-state index contributed by atoms with van der Waals surface area (Å²) in [5, 5.41) is 21.6. The molecule has 2 fully saturated rings. The Morgan fingerprint density at radius 3 is 2.65 bits per heavy atom. The monoisotopic (exact) mass is 711 g/mol. The van der Waals surface area contributed by atoms with E-state index in [2.05, 4.69) is 39.7 Å². The van der Waals surface area contributed by atoms with Gasteiger partial charge in [-0.1, -0.05) is 31.8 Å². The number of rotatable bonds is 10. The fourth-order valence-corrected chi connectivity index (χ4v) is 7.30. The number of aromatic nitrogens is 3. The molecule has 51 heavy (non-hydrogen) atoms. The number of β-amino-alcohol motifs (C(OH)–C–C–N with tert-alkyl or cyclic N) is 1. The van der Waals surface area contributed by atoms with Crippen LogP contribution in [0.2, 0.25) is 0 Å². The van der Waals surface area contributed by atoms with Crippen molar-refractivity contribution in [3.8, 4) is 41.2 Å². The number of benzene rings is 2. The molecule has 2 atom stereocenters. The first-order chi connectivity index (χ1) is 24.3. The molecule has 2 aliphatic heterocycles. The molecule has 0 unspecified atom stereocenters. The third-order valence-electron chi connectivity index (χ3n) is 9.53. The first-order valence-electron chi connectivity index (χ1n) is 17.0. The fourth-order valence-electron chi connectivity index (χ4n) is 7.30. The summed E-state index contributed by atoms with van der Waals surface area (Å²) in [5.41, 5.74) is -3.08. The van der Waals surface area contributed by atoms with Crippen LogP contribution < -0.4 is 14.4 Å². The number of aliphatic hydroxyl groups is 1. The van der Waals surface area contributed by atoms with Gasteiger partial charge in [-0.25, -0.2) is 13.8 Å². The van der Waals surface area contributed by atoms with Crippen LogP contribution in [0.3, 0.4) is 0 Å². The highest BCUT2D eigenvalue weighted by atomic mass is 19.3. The van der Waals surface area contributed by atoms with E-state index in [1.807, 2.05) is 0 Å². The normalized spacial score (nSPS) is 21.6. The minimum atomic E-state index is -3.40. The zero-order chi connectivity index (χ0) is 36.5. The first kappa shape index (κ1) is 36.3. The summed E-state index contributed by atoms with van der Waals surface area (Å²) in [5.74, 6) is -0.751. The smallest absolute Gasteiger partial charge is 0.388 e. The van der Waals surface area contributed by atoms with Gasteiger partial charge in [0.25, 0.3) is 0 Å². The minimum absolute atomic E-state index is 0.0147. The van der Waals surface area contributed by atoms with E-state index in [-0.39, 0.29) is 83.2 Å². The van der Waals surface area contributed by atoms with Crippen LogP contribution >= 0.6 is 0 Å². The standard InChI is InChI=1S/C37H41F4N5O5/c1-5-7-11-37(12-8-13-45(4)19-37)21-50-35-43-31-28(32(44-35)46-14-15-49-20-36(3,48)18-46)33(51-34(40)41)42-30(29(31)39)25-17-23(47)16-22-9-10-26(38)24(6-2)27(22)25/h2,9-10,16-17,34,47-48H,5,7-8,11-15,18-21H2,1,3-4H3/t36-,37-/m0/s1. The SMILES string of the molecule is C#Cc1c(F)ccc2cc(O)cc(-c3nc(OC(F)F)c4c(N5CCOC[C@@](C)(O)C5)nc(OC[C@@]5(CCCC)CCCN(C)C5)nc4c3F)c12. The molecule has 0 spiro atoms. The number of terminal acetylenes is 1. The quantitative estimate of drug-likeness (QED) is 0.144. The van der Waals surface area contributed by atoms with Gasteiger partial charge in [0.2, 0.25) is 5.88 Å². The number of hydrogen-bond donors (Lipinski definition) is 2. The number of unbranched alkanes of at least 4 members (excludes halogenated alkanes) is 1. The van der Waals surface area contributed by atoms with Crippen molar-refractivity contribution in [1.29, 1.82) is 0 Å². The number of ether oxygens (including phenoxy) is 3. The number of hydrogen-bond acceptors (Lipinski definition) is 10. The summed E-state index contributed by atoms with van der Waals surface area (Å²) >= 11 is 0. The van der Waals surface area contributed by atoms with Crippen LogP contribution in [0.5, 0.6) is 17.6 Å². The van der Waals surface area contributed by atoms with Crippen molar-refractivity contribution in [2.75, 3.05) is 57.9 Å². The predicted molar refractivity (Wildman–Crippen MR) is 184 cm³/mol. The lowest BCUT2D eigenvalue weighted by Gasteiger charge is -2.41. The Morgan fingerprint density at radius 2 is 1.92 bits per heavy atom. The summed E-state index contributed by atoms with van der Waals surface area (Å²) in [6.45, 7) is 2.39. The third kappa shape index (κ3) is 7.61. The number of phenolic OH excluding ortho intramolecular Hbond substituents is 1. The van der Waals surface area contributed by atoms with Gasteiger partial charge in [0, 0.05) is 29.5 Å². The van der Waals surface area contributed by atoms with E-state index in [0.29, 0.717) is 0 Å². The van der Waals surface area contributed by atoms with Crippen molar-refractivity contribution in [2.45, 2.75) is 58.2 Å². The van der Waals surface area contributed by atoms with Crippen LogP contribution in [-0.2, 0) is 4.74 Å². The molecule has 0 aliphatic carbocycles. The molecular formula is C37H41F4N5O5. The maximum Gasteiger partial charge on any atom is 0.388 e. The van der Waals surface area contributed by atoms with E-state index >= 15 is 4.39 Å². The van der Waals surface area contributed by atoms with Gasteiger partial charge in [0.15, 0.2) is 5.82 Å². The van der Waals surface area contributed by atoms with Gasteiger partial charge in [0.05, 0.1) is 31.9 Å². The summed E-state index contributed by atoms with van der Waals surface area (Å²) in [4.78, 5) is 17.1. The average molecular weight is 712 g/mol. The molecule has 0 radical (unpaired) electrons. The fraction of sp³-hybridized carbons (Fsp3) is 0.486. The Kier molecular flexibility index (Phi) is 10.4. The van der Waals surface area contributed by atoms with Crippen LogP contribution in [0.4, 0.5) is 23.4 Å². The lowest BCUT2D eigenvalue weighted by molar-refractivity contribution is -0.0517. The number of fused-ring (bicyclic) bond motifs is 2. The first-order valence-corrected chi connectivity index (χ1v) is 17.0.